The zero-order valence-electron chi connectivity index (χ0n) is 12.5. The van der Waals surface area contributed by atoms with Crippen molar-refractivity contribution in [3.63, 3.8) is 0 Å². The summed E-state index contributed by atoms with van der Waals surface area (Å²) < 4.78 is 6.00. The first-order valence-electron chi connectivity index (χ1n) is 6.77. The molecule has 2 rings (SSSR count). The van der Waals surface area contributed by atoms with Gasteiger partial charge in [0.2, 0.25) is 0 Å². The number of carbonyl (C=O) groups is 1. The molecule has 2 aromatic carbocycles. The van der Waals surface area contributed by atoms with Gasteiger partial charge in [0, 0.05) is 5.56 Å². The van der Waals surface area contributed by atoms with Gasteiger partial charge in [-0.05, 0) is 67.6 Å². The number of aryl methyl sites for hydroxylation is 4. The van der Waals surface area contributed by atoms with E-state index in [-0.39, 0.29) is 0 Å². The van der Waals surface area contributed by atoms with Gasteiger partial charge in [-0.1, -0.05) is 18.2 Å². The highest BCUT2D eigenvalue weighted by atomic mass is 16.5. The molecule has 0 aliphatic carbocycles. The van der Waals surface area contributed by atoms with Crippen molar-refractivity contribution in [3.05, 3.63) is 63.7 Å². The fraction of sp³-hybridized carbons (Fsp3) is 0.278. The van der Waals surface area contributed by atoms with Gasteiger partial charge in [0.05, 0.1) is 0 Å². The van der Waals surface area contributed by atoms with E-state index in [4.69, 9.17) is 4.74 Å². The standard InChI is InChI=1S/C18H20O2/c1-12-6-5-7-13(2)17(12)11-20-18-14(3)8-16(10-19)9-15(18)4/h5-10H,11H2,1-4H3. The zero-order chi connectivity index (χ0) is 14.7. The van der Waals surface area contributed by atoms with Gasteiger partial charge in [-0.3, -0.25) is 4.79 Å². The Morgan fingerprint density at radius 3 is 2.00 bits per heavy atom. The number of hydrogen-bond donors (Lipinski definition) is 0. The van der Waals surface area contributed by atoms with Crippen molar-refractivity contribution in [2.45, 2.75) is 34.3 Å². The van der Waals surface area contributed by atoms with Crippen molar-refractivity contribution in [1.82, 2.24) is 0 Å². The van der Waals surface area contributed by atoms with E-state index in [1.54, 1.807) is 0 Å². The van der Waals surface area contributed by atoms with Gasteiger partial charge in [0.25, 0.3) is 0 Å². The van der Waals surface area contributed by atoms with Crippen LogP contribution in [-0.2, 0) is 6.61 Å². The largest absolute Gasteiger partial charge is 0.488 e. The van der Waals surface area contributed by atoms with Crippen molar-refractivity contribution in [2.24, 2.45) is 0 Å². The van der Waals surface area contributed by atoms with Crippen LogP contribution in [-0.4, -0.2) is 6.29 Å². The average Bonchev–Trinajstić information content (AvgIpc) is 2.40. The third-order valence-corrected chi connectivity index (χ3v) is 3.62. The molecule has 2 nitrogen and oxygen atoms in total. The van der Waals surface area contributed by atoms with Crippen molar-refractivity contribution < 1.29 is 9.53 Å². The summed E-state index contributed by atoms with van der Waals surface area (Å²) in [4.78, 5) is 10.9. The first kappa shape index (κ1) is 14.3. The molecule has 2 heteroatoms. The van der Waals surface area contributed by atoms with E-state index in [9.17, 15) is 4.79 Å². The number of hydrogen-bond acceptors (Lipinski definition) is 2. The normalized spacial score (nSPS) is 10.4. The van der Waals surface area contributed by atoms with E-state index >= 15 is 0 Å². The Bertz CT molecular complexity index is 599. The maximum Gasteiger partial charge on any atom is 0.150 e. The minimum Gasteiger partial charge on any atom is -0.488 e. The van der Waals surface area contributed by atoms with Gasteiger partial charge >= 0.3 is 0 Å². The fourth-order valence-corrected chi connectivity index (χ4v) is 2.50. The molecule has 0 aliphatic heterocycles. The van der Waals surface area contributed by atoms with Crippen LogP contribution >= 0.6 is 0 Å². The van der Waals surface area contributed by atoms with Gasteiger partial charge in [-0.2, -0.15) is 0 Å². The third kappa shape index (κ3) is 2.90. The van der Waals surface area contributed by atoms with Gasteiger partial charge in [0.15, 0.2) is 0 Å². The van der Waals surface area contributed by atoms with Crippen LogP contribution in [0.15, 0.2) is 30.3 Å². The smallest absolute Gasteiger partial charge is 0.150 e. The number of benzene rings is 2. The Kier molecular flexibility index (Phi) is 4.23. The van der Waals surface area contributed by atoms with Crippen molar-refractivity contribution in [2.75, 3.05) is 0 Å². The highest BCUT2D eigenvalue weighted by molar-refractivity contribution is 5.76. The average molecular weight is 268 g/mol. The predicted octanol–water partition coefficient (Wildman–Crippen LogP) is 4.31. The molecule has 2 aromatic rings. The number of aldehydes is 1. The molecule has 0 aromatic heterocycles. The second kappa shape index (κ2) is 5.91. The van der Waals surface area contributed by atoms with Gasteiger partial charge in [-0.25, -0.2) is 0 Å². The summed E-state index contributed by atoms with van der Waals surface area (Å²) in [6, 6.07) is 9.98. The Balaban J connectivity index is 2.26. The van der Waals surface area contributed by atoms with Gasteiger partial charge < -0.3 is 4.74 Å². The molecule has 0 aliphatic rings. The van der Waals surface area contributed by atoms with E-state index in [0.29, 0.717) is 12.2 Å². The first-order chi connectivity index (χ1) is 9.52. The van der Waals surface area contributed by atoms with E-state index in [1.165, 1.54) is 16.7 Å². The molecule has 104 valence electrons. The zero-order valence-corrected chi connectivity index (χ0v) is 12.5. The van der Waals surface area contributed by atoms with Crippen LogP contribution in [0.3, 0.4) is 0 Å². The molecule has 0 bridgehead atoms. The van der Waals surface area contributed by atoms with Crippen LogP contribution in [0.25, 0.3) is 0 Å². The Morgan fingerprint density at radius 2 is 1.50 bits per heavy atom. The van der Waals surface area contributed by atoms with Crippen LogP contribution < -0.4 is 4.74 Å². The van der Waals surface area contributed by atoms with E-state index in [1.807, 2.05) is 26.0 Å². The maximum absolute atomic E-state index is 10.9. The molecular weight excluding hydrogens is 248 g/mol. The molecule has 0 amide bonds. The second-order valence-corrected chi connectivity index (χ2v) is 5.26. The van der Waals surface area contributed by atoms with E-state index in [0.717, 1.165) is 23.2 Å². The Labute approximate surface area is 120 Å². The molecule has 0 atom stereocenters. The molecule has 0 radical (unpaired) electrons. The topological polar surface area (TPSA) is 26.3 Å². The molecule has 0 saturated heterocycles. The summed E-state index contributed by atoms with van der Waals surface area (Å²) in [6.45, 7) is 8.70. The number of rotatable bonds is 4. The van der Waals surface area contributed by atoms with Crippen LogP contribution in [0.5, 0.6) is 5.75 Å². The minimum absolute atomic E-state index is 0.556. The molecule has 0 saturated carbocycles. The Hall–Kier alpha value is -2.09. The van der Waals surface area contributed by atoms with Crippen LogP contribution in [0, 0.1) is 27.7 Å². The van der Waals surface area contributed by atoms with Crippen molar-refractivity contribution in [3.8, 4) is 5.75 Å². The molecule has 0 N–H and O–H groups in total. The molecular formula is C18H20O2. The van der Waals surface area contributed by atoms with Crippen LogP contribution in [0.1, 0.15) is 38.2 Å². The highest BCUT2D eigenvalue weighted by Crippen LogP contribution is 2.26. The summed E-state index contributed by atoms with van der Waals surface area (Å²) in [5.74, 6) is 0.873. The molecule has 0 spiro atoms. The fourth-order valence-electron chi connectivity index (χ4n) is 2.50. The first-order valence-corrected chi connectivity index (χ1v) is 6.77. The quantitative estimate of drug-likeness (QED) is 0.772. The highest BCUT2D eigenvalue weighted by Gasteiger charge is 2.08. The predicted molar refractivity (Wildman–Crippen MR) is 81.6 cm³/mol. The molecule has 0 fully saturated rings. The lowest BCUT2D eigenvalue weighted by molar-refractivity contribution is 0.112. The van der Waals surface area contributed by atoms with Gasteiger partial charge in [0.1, 0.15) is 18.6 Å². The summed E-state index contributed by atoms with van der Waals surface area (Å²) in [7, 11) is 0. The summed E-state index contributed by atoms with van der Waals surface area (Å²) in [5, 5.41) is 0. The molecule has 0 heterocycles. The Morgan fingerprint density at radius 1 is 0.950 bits per heavy atom. The van der Waals surface area contributed by atoms with E-state index < -0.39 is 0 Å². The lowest BCUT2D eigenvalue weighted by atomic mass is 10.0. The molecule has 20 heavy (non-hydrogen) atoms. The second-order valence-electron chi connectivity index (χ2n) is 5.26. The SMILES string of the molecule is Cc1cccc(C)c1COc1c(C)cc(C=O)cc1C. The summed E-state index contributed by atoms with van der Waals surface area (Å²) in [5.41, 5.74) is 6.40. The van der Waals surface area contributed by atoms with Crippen molar-refractivity contribution >= 4 is 6.29 Å². The monoisotopic (exact) mass is 268 g/mol. The summed E-state index contributed by atoms with van der Waals surface area (Å²) in [6.07, 6.45) is 0.870. The number of ether oxygens (including phenoxy) is 1. The minimum atomic E-state index is 0.556. The molecule has 0 unspecified atom stereocenters. The lowest BCUT2D eigenvalue weighted by Crippen LogP contribution is -2.03. The summed E-state index contributed by atoms with van der Waals surface area (Å²) >= 11 is 0. The van der Waals surface area contributed by atoms with Crippen LogP contribution in [0.2, 0.25) is 0 Å². The third-order valence-electron chi connectivity index (χ3n) is 3.62. The van der Waals surface area contributed by atoms with Gasteiger partial charge in [-0.15, -0.1) is 0 Å². The van der Waals surface area contributed by atoms with Crippen molar-refractivity contribution in [1.29, 1.82) is 0 Å². The van der Waals surface area contributed by atoms with Crippen LogP contribution in [0.4, 0.5) is 0 Å². The number of carbonyl (C=O) groups excluding carboxylic acids is 1. The maximum atomic E-state index is 10.9. The van der Waals surface area contributed by atoms with E-state index in [2.05, 4.69) is 32.0 Å². The lowest BCUT2D eigenvalue weighted by Gasteiger charge is -2.15.